The molecule has 122 valence electrons. The number of carbonyl (C=O) groups excluding carboxylic acids is 2. The number of hydrogen-bond acceptors (Lipinski definition) is 3. The molecule has 2 aromatic rings. The standard InChI is InChI=1S/C17H22N4O2/c1-12(18)17(23)21-8-6-20(7-9-21)16(22)10-13-11-19-15-5-3-2-4-14(13)15/h2-5,11-12,19H,6-10,18H2,1H3. The fraction of sp³-hybridized carbons (Fsp3) is 0.412. The lowest BCUT2D eigenvalue weighted by atomic mass is 10.1. The van der Waals surface area contributed by atoms with E-state index in [0.29, 0.717) is 32.6 Å². The molecule has 1 aromatic heterocycles. The third-order valence-electron chi connectivity index (χ3n) is 4.35. The number of benzene rings is 1. The zero-order chi connectivity index (χ0) is 16.4. The summed E-state index contributed by atoms with van der Waals surface area (Å²) in [6.45, 7) is 3.94. The minimum atomic E-state index is -0.483. The molecule has 2 heterocycles. The molecule has 0 aliphatic carbocycles. The lowest BCUT2D eigenvalue weighted by molar-refractivity contribution is -0.139. The van der Waals surface area contributed by atoms with Crippen molar-refractivity contribution in [2.45, 2.75) is 19.4 Å². The highest BCUT2D eigenvalue weighted by molar-refractivity contribution is 5.89. The van der Waals surface area contributed by atoms with Crippen LogP contribution in [-0.4, -0.2) is 58.8 Å². The summed E-state index contributed by atoms with van der Waals surface area (Å²) in [6.07, 6.45) is 2.28. The lowest BCUT2D eigenvalue weighted by Crippen LogP contribution is -2.54. The molecule has 23 heavy (non-hydrogen) atoms. The number of nitrogens with one attached hydrogen (secondary N) is 1. The van der Waals surface area contributed by atoms with Crippen molar-refractivity contribution in [3.8, 4) is 0 Å². The van der Waals surface area contributed by atoms with Crippen molar-refractivity contribution < 1.29 is 9.59 Å². The van der Waals surface area contributed by atoms with E-state index in [4.69, 9.17) is 5.73 Å². The van der Waals surface area contributed by atoms with Gasteiger partial charge in [0, 0.05) is 43.3 Å². The van der Waals surface area contributed by atoms with Crippen molar-refractivity contribution in [1.29, 1.82) is 0 Å². The third-order valence-corrected chi connectivity index (χ3v) is 4.35. The van der Waals surface area contributed by atoms with E-state index in [0.717, 1.165) is 16.5 Å². The van der Waals surface area contributed by atoms with E-state index in [-0.39, 0.29) is 11.8 Å². The summed E-state index contributed by atoms with van der Waals surface area (Å²) < 4.78 is 0. The number of aromatic amines is 1. The topological polar surface area (TPSA) is 82.4 Å². The van der Waals surface area contributed by atoms with Crippen LogP contribution in [0, 0.1) is 0 Å². The number of nitrogens with zero attached hydrogens (tertiary/aromatic N) is 2. The SMILES string of the molecule is CC(N)C(=O)N1CCN(C(=O)Cc2c[nH]c3ccccc23)CC1. The Hall–Kier alpha value is -2.34. The Morgan fingerprint density at radius 2 is 1.83 bits per heavy atom. The number of aromatic nitrogens is 1. The predicted molar refractivity (Wildman–Crippen MR) is 88.8 cm³/mol. The van der Waals surface area contributed by atoms with Gasteiger partial charge in [-0.2, -0.15) is 0 Å². The summed E-state index contributed by atoms with van der Waals surface area (Å²) in [5, 5.41) is 1.09. The molecule has 0 radical (unpaired) electrons. The summed E-state index contributed by atoms with van der Waals surface area (Å²) in [4.78, 5) is 31.1. The highest BCUT2D eigenvalue weighted by Gasteiger charge is 2.25. The molecule has 1 unspecified atom stereocenters. The first kappa shape index (κ1) is 15.6. The quantitative estimate of drug-likeness (QED) is 0.876. The first-order valence-corrected chi connectivity index (χ1v) is 7.93. The summed E-state index contributed by atoms with van der Waals surface area (Å²) in [7, 11) is 0. The van der Waals surface area contributed by atoms with Gasteiger partial charge < -0.3 is 20.5 Å². The monoisotopic (exact) mass is 314 g/mol. The van der Waals surface area contributed by atoms with Crippen LogP contribution in [0.4, 0.5) is 0 Å². The Morgan fingerprint density at radius 3 is 2.52 bits per heavy atom. The molecule has 3 rings (SSSR count). The summed E-state index contributed by atoms with van der Waals surface area (Å²) in [5.41, 5.74) is 7.69. The second-order valence-corrected chi connectivity index (χ2v) is 6.03. The van der Waals surface area contributed by atoms with Gasteiger partial charge in [-0.25, -0.2) is 0 Å². The molecular formula is C17H22N4O2. The maximum atomic E-state index is 12.5. The van der Waals surface area contributed by atoms with E-state index in [1.165, 1.54) is 0 Å². The average Bonchev–Trinajstić information content (AvgIpc) is 2.97. The van der Waals surface area contributed by atoms with Crippen LogP contribution in [0.3, 0.4) is 0 Å². The average molecular weight is 314 g/mol. The number of hydrogen-bond donors (Lipinski definition) is 2. The highest BCUT2D eigenvalue weighted by atomic mass is 16.2. The smallest absolute Gasteiger partial charge is 0.239 e. The second-order valence-electron chi connectivity index (χ2n) is 6.03. The first-order chi connectivity index (χ1) is 11.1. The highest BCUT2D eigenvalue weighted by Crippen LogP contribution is 2.19. The molecule has 1 atom stereocenters. The Balaban J connectivity index is 1.61. The predicted octanol–water partition coefficient (Wildman–Crippen LogP) is 0.728. The second kappa shape index (κ2) is 6.42. The molecular weight excluding hydrogens is 292 g/mol. The van der Waals surface area contributed by atoms with Crippen molar-refractivity contribution in [1.82, 2.24) is 14.8 Å². The number of para-hydroxylation sites is 1. The van der Waals surface area contributed by atoms with Crippen molar-refractivity contribution in [3.63, 3.8) is 0 Å². The van der Waals surface area contributed by atoms with Crippen LogP contribution in [0.2, 0.25) is 0 Å². The van der Waals surface area contributed by atoms with Crippen molar-refractivity contribution in [2.75, 3.05) is 26.2 Å². The van der Waals surface area contributed by atoms with Gasteiger partial charge in [-0.15, -0.1) is 0 Å². The van der Waals surface area contributed by atoms with Crippen LogP contribution in [0.5, 0.6) is 0 Å². The van der Waals surface area contributed by atoms with E-state index in [1.807, 2.05) is 35.4 Å². The van der Waals surface area contributed by atoms with Gasteiger partial charge in [0.1, 0.15) is 0 Å². The fourth-order valence-corrected chi connectivity index (χ4v) is 3.02. The maximum absolute atomic E-state index is 12.5. The van der Waals surface area contributed by atoms with E-state index in [2.05, 4.69) is 4.98 Å². The van der Waals surface area contributed by atoms with Crippen molar-refractivity contribution >= 4 is 22.7 Å². The molecule has 0 saturated carbocycles. The first-order valence-electron chi connectivity index (χ1n) is 7.93. The molecule has 2 amide bonds. The van der Waals surface area contributed by atoms with Crippen LogP contribution in [0.1, 0.15) is 12.5 Å². The van der Waals surface area contributed by atoms with Gasteiger partial charge in [0.05, 0.1) is 12.5 Å². The normalized spacial score (nSPS) is 16.6. The Morgan fingerprint density at radius 1 is 1.17 bits per heavy atom. The van der Waals surface area contributed by atoms with Gasteiger partial charge in [-0.05, 0) is 18.6 Å². The van der Waals surface area contributed by atoms with Crippen LogP contribution in [0.25, 0.3) is 10.9 Å². The molecule has 1 fully saturated rings. The van der Waals surface area contributed by atoms with Crippen LogP contribution >= 0.6 is 0 Å². The van der Waals surface area contributed by atoms with Gasteiger partial charge in [0.15, 0.2) is 0 Å². The molecule has 1 aliphatic heterocycles. The molecule has 0 spiro atoms. The number of rotatable bonds is 3. The van der Waals surface area contributed by atoms with Gasteiger partial charge in [-0.3, -0.25) is 9.59 Å². The number of amides is 2. The van der Waals surface area contributed by atoms with Crippen LogP contribution in [-0.2, 0) is 16.0 Å². The molecule has 6 heteroatoms. The number of H-pyrrole nitrogens is 1. The van der Waals surface area contributed by atoms with Gasteiger partial charge in [0.25, 0.3) is 0 Å². The van der Waals surface area contributed by atoms with Crippen molar-refractivity contribution in [2.24, 2.45) is 5.73 Å². The minimum absolute atomic E-state index is 0.0475. The molecule has 0 bridgehead atoms. The maximum Gasteiger partial charge on any atom is 0.239 e. The number of carbonyl (C=O) groups is 2. The Bertz CT molecular complexity index is 714. The molecule has 3 N–H and O–H groups in total. The zero-order valence-corrected chi connectivity index (χ0v) is 13.3. The summed E-state index contributed by atoms with van der Waals surface area (Å²) in [5.74, 6) is 0.0522. The Labute approximate surface area is 135 Å². The summed E-state index contributed by atoms with van der Waals surface area (Å²) in [6, 6.07) is 7.49. The molecule has 1 saturated heterocycles. The fourth-order valence-electron chi connectivity index (χ4n) is 3.02. The summed E-state index contributed by atoms with van der Waals surface area (Å²) >= 11 is 0. The molecule has 1 aromatic carbocycles. The molecule has 6 nitrogen and oxygen atoms in total. The van der Waals surface area contributed by atoms with E-state index in [9.17, 15) is 9.59 Å². The van der Waals surface area contributed by atoms with Gasteiger partial charge in [-0.1, -0.05) is 18.2 Å². The van der Waals surface area contributed by atoms with E-state index >= 15 is 0 Å². The lowest BCUT2D eigenvalue weighted by Gasteiger charge is -2.35. The van der Waals surface area contributed by atoms with Crippen LogP contribution in [0.15, 0.2) is 30.5 Å². The van der Waals surface area contributed by atoms with Gasteiger partial charge >= 0.3 is 0 Å². The van der Waals surface area contributed by atoms with Gasteiger partial charge in [0.2, 0.25) is 11.8 Å². The minimum Gasteiger partial charge on any atom is -0.361 e. The number of fused-ring (bicyclic) bond motifs is 1. The van der Waals surface area contributed by atoms with Crippen LogP contribution < -0.4 is 5.73 Å². The molecule has 1 aliphatic rings. The largest absolute Gasteiger partial charge is 0.361 e. The number of piperazine rings is 1. The number of nitrogens with two attached hydrogens (primary N) is 1. The van der Waals surface area contributed by atoms with Crippen molar-refractivity contribution in [3.05, 3.63) is 36.0 Å². The third kappa shape index (κ3) is 3.22. The Kier molecular flexibility index (Phi) is 4.34. The van der Waals surface area contributed by atoms with E-state index in [1.54, 1.807) is 11.8 Å². The zero-order valence-electron chi connectivity index (χ0n) is 13.3. The van der Waals surface area contributed by atoms with E-state index < -0.39 is 6.04 Å².